The fraction of sp³-hybridized carbons (Fsp3) is 0.545. The molecule has 0 saturated carbocycles. The normalized spacial score (nSPS) is 29.2. The Morgan fingerprint density at radius 1 is 1.53 bits per heavy atom. The molecule has 19 heavy (non-hydrogen) atoms. The highest BCUT2D eigenvalue weighted by Crippen LogP contribution is 2.41. The molecule has 1 saturated heterocycles. The Kier molecular flexibility index (Phi) is 3.81. The second-order valence-corrected chi connectivity index (χ2v) is 5.13. The fourth-order valence-electron chi connectivity index (χ4n) is 2.06. The van der Waals surface area contributed by atoms with Crippen LogP contribution >= 0.6 is 11.8 Å². The van der Waals surface area contributed by atoms with E-state index >= 15 is 0 Å². The number of carbonyl (C=O) groups is 3. The number of ether oxygens (including phenoxy) is 2. The summed E-state index contributed by atoms with van der Waals surface area (Å²) in [4.78, 5) is 35.2. The van der Waals surface area contributed by atoms with Crippen LogP contribution in [0.15, 0.2) is 11.0 Å². The van der Waals surface area contributed by atoms with Crippen LogP contribution in [0, 0.1) is 0 Å². The standard InChI is InChI=1S/C11H13NO6S/c1-5(13)18-3-6-4-19-10-8(17-2)9(14)12(10)7(6)11(15)16/h4,7-8,10H,3H2,1-2H3,(H,15,16). The lowest BCUT2D eigenvalue weighted by Crippen LogP contribution is -2.70. The van der Waals surface area contributed by atoms with Gasteiger partial charge in [-0.3, -0.25) is 9.59 Å². The lowest BCUT2D eigenvalue weighted by atomic mass is 10.00. The van der Waals surface area contributed by atoms with Crippen LogP contribution in [-0.4, -0.2) is 59.1 Å². The van der Waals surface area contributed by atoms with Crippen LogP contribution in [0.5, 0.6) is 0 Å². The quantitative estimate of drug-likeness (QED) is 0.566. The number of aliphatic carboxylic acids is 1. The molecule has 1 fully saturated rings. The Hall–Kier alpha value is -1.54. The second-order valence-electron chi connectivity index (χ2n) is 4.14. The van der Waals surface area contributed by atoms with Gasteiger partial charge in [-0.25, -0.2) is 4.79 Å². The number of methoxy groups -OCH3 is 1. The number of β-lactam (4-membered cyclic amide) rings is 1. The number of thioether (sulfide) groups is 1. The van der Waals surface area contributed by atoms with Gasteiger partial charge >= 0.3 is 11.9 Å². The molecule has 1 amide bonds. The minimum absolute atomic E-state index is 0.131. The van der Waals surface area contributed by atoms with E-state index in [1.54, 1.807) is 5.41 Å². The molecule has 0 radical (unpaired) electrons. The molecule has 0 aromatic heterocycles. The molecule has 7 nitrogen and oxygen atoms in total. The maximum Gasteiger partial charge on any atom is 0.330 e. The summed E-state index contributed by atoms with van der Waals surface area (Å²) in [5, 5.41) is 10.5. The Morgan fingerprint density at radius 2 is 2.21 bits per heavy atom. The van der Waals surface area contributed by atoms with Gasteiger partial charge in [0.2, 0.25) is 0 Å². The van der Waals surface area contributed by atoms with Gasteiger partial charge in [0.15, 0.2) is 12.1 Å². The predicted octanol–water partition coefficient (Wildman–Crippen LogP) is -0.183. The molecule has 3 atom stereocenters. The topological polar surface area (TPSA) is 93.1 Å². The van der Waals surface area contributed by atoms with Gasteiger partial charge in [0.25, 0.3) is 5.91 Å². The number of amides is 1. The molecule has 0 aromatic rings. The molecular weight excluding hydrogens is 274 g/mol. The van der Waals surface area contributed by atoms with Gasteiger partial charge in [0.05, 0.1) is 0 Å². The Labute approximate surface area is 113 Å². The molecule has 0 aliphatic carbocycles. The molecule has 0 bridgehead atoms. The average molecular weight is 287 g/mol. The first-order chi connectivity index (χ1) is 8.97. The first-order valence-electron chi connectivity index (χ1n) is 5.53. The molecule has 2 aliphatic heterocycles. The van der Waals surface area contributed by atoms with E-state index in [4.69, 9.17) is 9.47 Å². The van der Waals surface area contributed by atoms with Crippen molar-refractivity contribution in [2.45, 2.75) is 24.4 Å². The van der Waals surface area contributed by atoms with Gasteiger partial charge in [-0.1, -0.05) is 0 Å². The van der Waals surface area contributed by atoms with Crippen LogP contribution in [0.3, 0.4) is 0 Å². The number of nitrogens with zero attached hydrogens (tertiary/aromatic N) is 1. The number of carboxylic acid groups (broad SMARTS) is 1. The summed E-state index contributed by atoms with van der Waals surface area (Å²) in [5.74, 6) is -2.01. The van der Waals surface area contributed by atoms with Crippen molar-refractivity contribution >= 4 is 29.6 Å². The van der Waals surface area contributed by atoms with Crippen LogP contribution in [0.2, 0.25) is 0 Å². The molecule has 2 aliphatic rings. The zero-order valence-electron chi connectivity index (χ0n) is 10.4. The van der Waals surface area contributed by atoms with Gasteiger partial charge < -0.3 is 19.5 Å². The molecule has 2 rings (SSSR count). The van der Waals surface area contributed by atoms with Crippen molar-refractivity contribution in [1.82, 2.24) is 4.90 Å². The minimum atomic E-state index is -1.15. The van der Waals surface area contributed by atoms with Crippen LogP contribution in [0.25, 0.3) is 0 Å². The van der Waals surface area contributed by atoms with E-state index in [0.717, 1.165) is 0 Å². The van der Waals surface area contributed by atoms with E-state index in [9.17, 15) is 19.5 Å². The number of carbonyl (C=O) groups excluding carboxylic acids is 2. The monoisotopic (exact) mass is 287 g/mol. The van der Waals surface area contributed by atoms with Crippen molar-refractivity contribution in [2.24, 2.45) is 0 Å². The highest BCUT2D eigenvalue weighted by Gasteiger charge is 2.55. The van der Waals surface area contributed by atoms with Crippen LogP contribution < -0.4 is 0 Å². The van der Waals surface area contributed by atoms with Crippen molar-refractivity contribution in [1.29, 1.82) is 0 Å². The molecule has 8 heteroatoms. The third-order valence-corrected chi connectivity index (χ3v) is 4.14. The summed E-state index contributed by atoms with van der Waals surface area (Å²) >= 11 is 1.29. The largest absolute Gasteiger partial charge is 0.479 e. The summed E-state index contributed by atoms with van der Waals surface area (Å²) in [6.07, 6.45) is -0.613. The van der Waals surface area contributed by atoms with Crippen molar-refractivity contribution in [2.75, 3.05) is 13.7 Å². The highest BCUT2D eigenvalue weighted by atomic mass is 32.2. The number of hydrogen-bond donors (Lipinski definition) is 1. The van der Waals surface area contributed by atoms with Gasteiger partial charge in [-0.15, -0.1) is 11.8 Å². The third kappa shape index (κ3) is 2.33. The van der Waals surface area contributed by atoms with Crippen molar-refractivity contribution in [3.05, 3.63) is 11.0 Å². The number of fused-ring (bicyclic) bond motifs is 1. The van der Waals surface area contributed by atoms with E-state index in [0.29, 0.717) is 5.57 Å². The van der Waals surface area contributed by atoms with Crippen molar-refractivity contribution < 1.29 is 29.0 Å². The smallest absolute Gasteiger partial charge is 0.330 e. The maximum atomic E-state index is 11.8. The highest BCUT2D eigenvalue weighted by molar-refractivity contribution is 8.02. The molecule has 104 valence electrons. The first-order valence-corrected chi connectivity index (χ1v) is 6.47. The fourth-order valence-corrected chi connectivity index (χ4v) is 3.30. The van der Waals surface area contributed by atoms with E-state index in [1.807, 2.05) is 0 Å². The summed E-state index contributed by atoms with van der Waals surface area (Å²) in [7, 11) is 1.41. The van der Waals surface area contributed by atoms with Gasteiger partial charge in [0.1, 0.15) is 12.0 Å². The molecule has 0 spiro atoms. The zero-order chi connectivity index (χ0) is 14.2. The lowest BCUT2D eigenvalue weighted by Gasteiger charge is -2.50. The Morgan fingerprint density at radius 3 is 2.74 bits per heavy atom. The summed E-state index contributed by atoms with van der Waals surface area (Å²) < 4.78 is 9.81. The molecule has 3 unspecified atom stereocenters. The van der Waals surface area contributed by atoms with E-state index in [-0.39, 0.29) is 17.9 Å². The average Bonchev–Trinajstić information content (AvgIpc) is 2.35. The summed E-state index contributed by atoms with van der Waals surface area (Å²) in [6, 6.07) is -1.09. The molecular formula is C11H13NO6S. The van der Waals surface area contributed by atoms with E-state index in [1.165, 1.54) is 30.7 Å². The Bertz CT molecular complexity index is 462. The molecule has 0 aromatic carbocycles. The van der Waals surface area contributed by atoms with Gasteiger partial charge in [-0.05, 0) is 5.41 Å². The van der Waals surface area contributed by atoms with Gasteiger partial charge in [0, 0.05) is 19.6 Å². The summed E-state index contributed by atoms with van der Waals surface area (Å²) in [5.41, 5.74) is 0.381. The molecule has 2 heterocycles. The van der Waals surface area contributed by atoms with Crippen LogP contribution in [0.1, 0.15) is 6.92 Å². The second kappa shape index (κ2) is 5.22. The third-order valence-electron chi connectivity index (χ3n) is 2.95. The first kappa shape index (κ1) is 13.9. The lowest BCUT2D eigenvalue weighted by molar-refractivity contribution is -0.172. The van der Waals surface area contributed by atoms with Crippen molar-refractivity contribution in [3.8, 4) is 0 Å². The van der Waals surface area contributed by atoms with E-state index < -0.39 is 24.1 Å². The minimum Gasteiger partial charge on any atom is -0.479 e. The SMILES string of the molecule is COC1C(=O)N2C(C(=O)O)C(COC(C)=O)=CSC12. The Balaban J connectivity index is 2.19. The van der Waals surface area contributed by atoms with Crippen LogP contribution in [-0.2, 0) is 23.9 Å². The maximum absolute atomic E-state index is 11.8. The van der Waals surface area contributed by atoms with Crippen molar-refractivity contribution in [3.63, 3.8) is 0 Å². The summed E-state index contributed by atoms with van der Waals surface area (Å²) in [6.45, 7) is 1.11. The van der Waals surface area contributed by atoms with Crippen LogP contribution in [0.4, 0.5) is 0 Å². The molecule has 1 N–H and O–H groups in total. The number of rotatable bonds is 4. The predicted molar refractivity (Wildman–Crippen MR) is 65.2 cm³/mol. The number of hydrogen-bond acceptors (Lipinski definition) is 6. The number of carboxylic acids is 1. The van der Waals surface area contributed by atoms with Gasteiger partial charge in [-0.2, -0.15) is 0 Å². The van der Waals surface area contributed by atoms with E-state index in [2.05, 4.69) is 0 Å². The zero-order valence-corrected chi connectivity index (χ0v) is 11.2. The number of esters is 1.